The molecular formula is C6H5N3S2. The van der Waals surface area contributed by atoms with E-state index in [1.54, 1.807) is 0 Å². The van der Waals surface area contributed by atoms with E-state index in [4.69, 9.17) is 0 Å². The molecule has 1 aromatic heterocycles. The Balaban J connectivity index is 2.93. The number of H-pyrrole nitrogens is 1. The SMILES string of the molecule is Sc1ccc2n[nH]nc2c1S. The Kier molecular flexibility index (Phi) is 1.54. The van der Waals surface area contributed by atoms with Crippen LogP contribution in [-0.4, -0.2) is 15.4 Å². The molecule has 0 aliphatic rings. The molecule has 0 unspecified atom stereocenters. The van der Waals surface area contributed by atoms with Gasteiger partial charge < -0.3 is 0 Å². The first kappa shape index (κ1) is 7.00. The summed E-state index contributed by atoms with van der Waals surface area (Å²) in [6, 6.07) is 3.69. The van der Waals surface area contributed by atoms with Crippen LogP contribution in [0.5, 0.6) is 0 Å². The van der Waals surface area contributed by atoms with Gasteiger partial charge in [0.25, 0.3) is 0 Å². The fraction of sp³-hybridized carbons (Fsp3) is 0. The van der Waals surface area contributed by atoms with Gasteiger partial charge in [-0.1, -0.05) is 0 Å². The Morgan fingerprint density at radius 2 is 2.00 bits per heavy atom. The molecule has 2 rings (SSSR count). The minimum absolute atomic E-state index is 0.764. The summed E-state index contributed by atoms with van der Waals surface area (Å²) in [5.74, 6) is 0. The molecular weight excluding hydrogens is 178 g/mol. The molecule has 1 heterocycles. The summed E-state index contributed by atoms with van der Waals surface area (Å²) in [7, 11) is 0. The molecule has 0 radical (unpaired) electrons. The maximum Gasteiger partial charge on any atom is 0.127 e. The fourth-order valence-corrected chi connectivity index (χ4v) is 1.31. The second kappa shape index (κ2) is 2.42. The van der Waals surface area contributed by atoms with Crippen molar-refractivity contribution in [1.82, 2.24) is 15.4 Å². The van der Waals surface area contributed by atoms with Gasteiger partial charge in [0.15, 0.2) is 0 Å². The number of hydrogen-bond donors (Lipinski definition) is 3. The predicted molar refractivity (Wildman–Crippen MR) is 48.4 cm³/mol. The first-order valence-corrected chi connectivity index (χ1v) is 3.90. The smallest absolute Gasteiger partial charge is 0.127 e. The average molecular weight is 183 g/mol. The fourth-order valence-electron chi connectivity index (χ4n) is 0.888. The van der Waals surface area contributed by atoms with E-state index in [0.717, 1.165) is 20.8 Å². The maximum atomic E-state index is 4.23. The molecule has 0 bridgehead atoms. The molecule has 0 spiro atoms. The molecule has 2 aromatic rings. The van der Waals surface area contributed by atoms with Crippen molar-refractivity contribution in [2.24, 2.45) is 0 Å². The number of nitrogens with zero attached hydrogens (tertiary/aromatic N) is 2. The number of rotatable bonds is 0. The highest BCUT2D eigenvalue weighted by atomic mass is 32.1. The van der Waals surface area contributed by atoms with Crippen LogP contribution in [0.1, 0.15) is 0 Å². The lowest BCUT2D eigenvalue weighted by molar-refractivity contribution is 0.956. The lowest BCUT2D eigenvalue weighted by atomic mass is 10.3. The summed E-state index contributed by atoms with van der Waals surface area (Å²) in [6.45, 7) is 0. The van der Waals surface area contributed by atoms with E-state index < -0.39 is 0 Å². The topological polar surface area (TPSA) is 41.6 Å². The zero-order valence-corrected chi connectivity index (χ0v) is 7.23. The lowest BCUT2D eigenvalue weighted by Gasteiger charge is -1.94. The summed E-state index contributed by atoms with van der Waals surface area (Å²) in [4.78, 5) is 1.58. The summed E-state index contributed by atoms with van der Waals surface area (Å²) < 4.78 is 0. The van der Waals surface area contributed by atoms with Crippen LogP contribution in [0.15, 0.2) is 21.9 Å². The van der Waals surface area contributed by atoms with Gasteiger partial charge in [-0.05, 0) is 12.1 Å². The third-order valence-corrected chi connectivity index (χ3v) is 2.44. The molecule has 0 aliphatic heterocycles. The molecule has 1 aromatic carbocycles. The van der Waals surface area contributed by atoms with E-state index in [1.165, 1.54) is 0 Å². The van der Waals surface area contributed by atoms with Crippen LogP contribution < -0.4 is 0 Å². The van der Waals surface area contributed by atoms with Crippen molar-refractivity contribution in [3.63, 3.8) is 0 Å². The number of fused-ring (bicyclic) bond motifs is 1. The first-order chi connectivity index (χ1) is 5.29. The van der Waals surface area contributed by atoms with Crippen molar-refractivity contribution in [1.29, 1.82) is 0 Å². The van der Waals surface area contributed by atoms with Crippen molar-refractivity contribution in [2.45, 2.75) is 9.79 Å². The lowest BCUT2D eigenvalue weighted by Crippen LogP contribution is -1.74. The van der Waals surface area contributed by atoms with Gasteiger partial charge in [0.2, 0.25) is 0 Å². The monoisotopic (exact) mass is 183 g/mol. The highest BCUT2D eigenvalue weighted by Crippen LogP contribution is 2.24. The number of aromatic amines is 1. The van der Waals surface area contributed by atoms with Crippen LogP contribution in [-0.2, 0) is 0 Å². The third kappa shape index (κ3) is 1.00. The summed E-state index contributed by atoms with van der Waals surface area (Å²) in [5.41, 5.74) is 1.58. The molecule has 0 saturated carbocycles. The van der Waals surface area contributed by atoms with Crippen molar-refractivity contribution in [2.75, 3.05) is 0 Å². The van der Waals surface area contributed by atoms with Crippen molar-refractivity contribution < 1.29 is 0 Å². The largest absolute Gasteiger partial charge is 0.197 e. The first-order valence-electron chi connectivity index (χ1n) is 3.00. The van der Waals surface area contributed by atoms with Crippen LogP contribution in [0, 0.1) is 0 Å². The Labute approximate surface area is 74.0 Å². The van der Waals surface area contributed by atoms with E-state index in [2.05, 4.69) is 40.7 Å². The number of nitrogens with one attached hydrogen (secondary N) is 1. The van der Waals surface area contributed by atoms with Gasteiger partial charge in [0, 0.05) is 9.79 Å². The minimum atomic E-state index is 0.764. The summed E-state index contributed by atoms with van der Waals surface area (Å²) in [6.07, 6.45) is 0. The van der Waals surface area contributed by atoms with Crippen molar-refractivity contribution in [3.8, 4) is 0 Å². The third-order valence-electron chi connectivity index (χ3n) is 1.44. The van der Waals surface area contributed by atoms with E-state index in [0.29, 0.717) is 0 Å². The Bertz CT molecular complexity index is 396. The van der Waals surface area contributed by atoms with Crippen LogP contribution in [0.3, 0.4) is 0 Å². The van der Waals surface area contributed by atoms with Gasteiger partial charge in [-0.2, -0.15) is 15.4 Å². The molecule has 11 heavy (non-hydrogen) atoms. The van der Waals surface area contributed by atoms with Gasteiger partial charge >= 0.3 is 0 Å². The molecule has 1 N–H and O–H groups in total. The van der Waals surface area contributed by atoms with Gasteiger partial charge in [-0.25, -0.2) is 0 Å². The predicted octanol–water partition coefficient (Wildman–Crippen LogP) is 1.54. The van der Waals surface area contributed by atoms with Crippen molar-refractivity contribution >= 4 is 36.3 Å². The van der Waals surface area contributed by atoms with Crippen LogP contribution in [0.2, 0.25) is 0 Å². The molecule has 56 valence electrons. The second-order valence-electron chi connectivity index (χ2n) is 2.12. The van der Waals surface area contributed by atoms with E-state index in [1.807, 2.05) is 12.1 Å². The number of benzene rings is 1. The maximum absolute atomic E-state index is 4.23. The zero-order valence-electron chi connectivity index (χ0n) is 5.44. The number of aromatic nitrogens is 3. The molecule has 0 fully saturated rings. The Hall–Kier alpha value is -0.680. The second-order valence-corrected chi connectivity index (χ2v) is 3.05. The molecule has 0 amide bonds. The van der Waals surface area contributed by atoms with Crippen LogP contribution in [0.25, 0.3) is 11.0 Å². The van der Waals surface area contributed by atoms with Gasteiger partial charge in [-0.15, -0.1) is 25.3 Å². The minimum Gasteiger partial charge on any atom is -0.197 e. The summed E-state index contributed by atoms with van der Waals surface area (Å²) in [5, 5.41) is 10.3. The average Bonchev–Trinajstić information content (AvgIpc) is 2.45. The van der Waals surface area contributed by atoms with Gasteiger partial charge in [-0.3, -0.25) is 0 Å². The molecule has 0 saturated heterocycles. The van der Waals surface area contributed by atoms with Crippen LogP contribution in [0.4, 0.5) is 0 Å². The molecule has 5 heteroatoms. The Morgan fingerprint density at radius 3 is 2.82 bits per heavy atom. The zero-order chi connectivity index (χ0) is 7.84. The standard InChI is InChI=1S/C6H5N3S2/c10-4-2-1-3-5(6(4)11)8-9-7-3/h1-2,10-11H,(H,7,8,9). The van der Waals surface area contributed by atoms with Crippen molar-refractivity contribution in [3.05, 3.63) is 12.1 Å². The molecule has 3 nitrogen and oxygen atoms in total. The normalized spacial score (nSPS) is 10.7. The number of thiol groups is 2. The van der Waals surface area contributed by atoms with E-state index in [-0.39, 0.29) is 0 Å². The number of hydrogen-bond acceptors (Lipinski definition) is 4. The molecule has 0 atom stereocenters. The van der Waals surface area contributed by atoms with Gasteiger partial charge in [0.05, 0.1) is 0 Å². The quantitative estimate of drug-likeness (QED) is 0.542. The Morgan fingerprint density at radius 1 is 1.18 bits per heavy atom. The molecule has 0 aliphatic carbocycles. The summed E-state index contributed by atoms with van der Waals surface area (Å²) >= 11 is 8.42. The van der Waals surface area contributed by atoms with Gasteiger partial charge in [0.1, 0.15) is 11.0 Å². The van der Waals surface area contributed by atoms with E-state index >= 15 is 0 Å². The highest BCUT2D eigenvalue weighted by molar-refractivity contribution is 7.83. The van der Waals surface area contributed by atoms with Crippen LogP contribution >= 0.6 is 25.3 Å². The highest BCUT2D eigenvalue weighted by Gasteiger charge is 2.03. The van der Waals surface area contributed by atoms with E-state index in [9.17, 15) is 0 Å².